The van der Waals surface area contributed by atoms with E-state index in [-0.39, 0.29) is 0 Å². The summed E-state index contributed by atoms with van der Waals surface area (Å²) in [6.07, 6.45) is 12.8. The quantitative estimate of drug-likeness (QED) is 0.280. The van der Waals surface area contributed by atoms with E-state index in [0.29, 0.717) is 33.9 Å². The number of halogens is 1. The molecule has 7 rings (SSSR count). The van der Waals surface area contributed by atoms with E-state index in [4.69, 9.17) is 9.72 Å². The molecule has 6 aromatic rings. The summed E-state index contributed by atoms with van der Waals surface area (Å²) in [4.78, 5) is 24.2. The smallest absolute Gasteiger partial charge is 0.159 e. The normalized spacial score (nSPS) is 14.2. The van der Waals surface area contributed by atoms with E-state index in [2.05, 4.69) is 41.1 Å². The summed E-state index contributed by atoms with van der Waals surface area (Å²) < 4.78 is 19.5. The molecular weight excluding hydrogens is 507 g/mol. The van der Waals surface area contributed by atoms with Gasteiger partial charge in [0.1, 0.15) is 17.3 Å². The van der Waals surface area contributed by atoms with Crippen molar-refractivity contribution in [1.82, 2.24) is 40.0 Å². The Morgan fingerprint density at radius 1 is 0.900 bits per heavy atom. The topological polar surface area (TPSA) is 108 Å². The van der Waals surface area contributed by atoms with Gasteiger partial charge in [-0.2, -0.15) is 5.10 Å². The lowest BCUT2D eigenvalue weighted by Gasteiger charge is -2.26. The highest BCUT2D eigenvalue weighted by Gasteiger charge is 2.18. The fourth-order valence-electron chi connectivity index (χ4n) is 5.44. The molecule has 9 nitrogen and oxygen atoms in total. The Morgan fingerprint density at radius 3 is 2.65 bits per heavy atom. The standard InChI is InChI=1S/C30H27FN8O/c1-40-22-9-19(8-21(31)10-22)24-14-33-15-27-28(24)36-30(35-27)29-23-11-25(34-16-26(23)37-38-29)20-7-18(12-32-13-20)17-39-5-3-2-4-6-39/h7-16H,2-6,17H2,1H3,(H,35,36)(H,37,38). The molecule has 10 heteroatoms. The number of pyridine rings is 3. The minimum absolute atomic E-state index is 0.394. The van der Waals surface area contributed by atoms with Crippen LogP contribution in [0.25, 0.3) is 55.8 Å². The van der Waals surface area contributed by atoms with Gasteiger partial charge in [0.15, 0.2) is 5.82 Å². The molecule has 0 unspecified atom stereocenters. The molecule has 1 saturated heterocycles. The predicted molar refractivity (Wildman–Crippen MR) is 151 cm³/mol. The number of hydrogen-bond donors (Lipinski definition) is 2. The third kappa shape index (κ3) is 4.56. The van der Waals surface area contributed by atoms with Gasteiger partial charge in [0.2, 0.25) is 0 Å². The van der Waals surface area contributed by atoms with E-state index < -0.39 is 5.82 Å². The molecular formula is C30H27FN8O. The Labute approximate surface area is 229 Å². The monoisotopic (exact) mass is 534 g/mol. The number of nitrogens with zero attached hydrogens (tertiary/aromatic N) is 6. The molecule has 200 valence electrons. The number of hydrogen-bond acceptors (Lipinski definition) is 7. The summed E-state index contributed by atoms with van der Waals surface area (Å²) in [7, 11) is 1.51. The van der Waals surface area contributed by atoms with Crippen LogP contribution in [0.15, 0.2) is 61.3 Å². The van der Waals surface area contributed by atoms with Gasteiger partial charge in [-0.05, 0) is 61.3 Å². The van der Waals surface area contributed by atoms with Gasteiger partial charge in [0, 0.05) is 47.7 Å². The fraction of sp³-hybridized carbons (Fsp3) is 0.233. The molecule has 1 fully saturated rings. The van der Waals surface area contributed by atoms with Crippen molar-refractivity contribution in [2.75, 3.05) is 20.2 Å². The molecule has 1 aliphatic heterocycles. The van der Waals surface area contributed by atoms with E-state index in [9.17, 15) is 4.39 Å². The Balaban J connectivity index is 1.26. The van der Waals surface area contributed by atoms with Crippen molar-refractivity contribution < 1.29 is 9.13 Å². The summed E-state index contributed by atoms with van der Waals surface area (Å²) in [5, 5.41) is 8.50. The van der Waals surface area contributed by atoms with Crippen LogP contribution in [0.2, 0.25) is 0 Å². The highest BCUT2D eigenvalue weighted by Crippen LogP contribution is 2.33. The largest absolute Gasteiger partial charge is 0.497 e. The number of imidazole rings is 1. The Morgan fingerprint density at radius 2 is 1.77 bits per heavy atom. The number of rotatable bonds is 6. The third-order valence-electron chi connectivity index (χ3n) is 7.43. The van der Waals surface area contributed by atoms with Crippen LogP contribution < -0.4 is 4.74 Å². The molecule has 0 amide bonds. The van der Waals surface area contributed by atoms with Gasteiger partial charge in [0.05, 0.1) is 41.7 Å². The SMILES string of the molecule is COc1cc(F)cc(-c2cncc3[nH]c(-c4n[nH]c5cnc(-c6cncc(CN7CCCCC7)c6)cc45)nc23)c1. The minimum atomic E-state index is -0.394. The number of aromatic nitrogens is 7. The highest BCUT2D eigenvalue weighted by atomic mass is 19.1. The molecule has 5 aromatic heterocycles. The first kappa shape index (κ1) is 24.3. The van der Waals surface area contributed by atoms with Crippen LogP contribution in [0.1, 0.15) is 24.8 Å². The zero-order valence-electron chi connectivity index (χ0n) is 22.0. The zero-order valence-corrected chi connectivity index (χ0v) is 22.0. The summed E-state index contributed by atoms with van der Waals surface area (Å²) in [5.41, 5.74) is 7.11. The number of benzene rings is 1. The van der Waals surface area contributed by atoms with E-state index in [1.54, 1.807) is 24.7 Å². The Kier molecular flexibility index (Phi) is 6.16. The predicted octanol–water partition coefficient (Wildman–Crippen LogP) is 5.76. The van der Waals surface area contributed by atoms with E-state index >= 15 is 0 Å². The zero-order chi connectivity index (χ0) is 27.1. The fourth-order valence-corrected chi connectivity index (χ4v) is 5.44. The average Bonchev–Trinajstić information content (AvgIpc) is 3.61. The molecule has 40 heavy (non-hydrogen) atoms. The summed E-state index contributed by atoms with van der Waals surface area (Å²) in [6.45, 7) is 3.16. The van der Waals surface area contributed by atoms with Crippen LogP contribution in [0, 0.1) is 5.82 Å². The first-order chi connectivity index (χ1) is 19.6. The molecule has 0 spiro atoms. The highest BCUT2D eigenvalue weighted by molar-refractivity contribution is 5.97. The number of likely N-dealkylation sites (tertiary alicyclic amines) is 1. The molecule has 0 bridgehead atoms. The van der Waals surface area contributed by atoms with Crippen molar-refractivity contribution in [3.05, 3.63) is 72.7 Å². The number of ether oxygens (including phenoxy) is 1. The maximum Gasteiger partial charge on any atom is 0.159 e. The van der Waals surface area contributed by atoms with Crippen molar-refractivity contribution in [3.63, 3.8) is 0 Å². The number of fused-ring (bicyclic) bond motifs is 2. The molecule has 6 heterocycles. The maximum absolute atomic E-state index is 14.3. The minimum Gasteiger partial charge on any atom is -0.497 e. The van der Waals surface area contributed by atoms with Crippen LogP contribution in [0.4, 0.5) is 4.39 Å². The number of H-pyrrole nitrogens is 2. The van der Waals surface area contributed by atoms with Crippen LogP contribution >= 0.6 is 0 Å². The molecule has 0 atom stereocenters. The lowest BCUT2D eigenvalue weighted by atomic mass is 10.1. The maximum atomic E-state index is 14.3. The molecule has 1 aliphatic rings. The second-order valence-corrected chi connectivity index (χ2v) is 10.2. The molecule has 0 saturated carbocycles. The summed E-state index contributed by atoms with van der Waals surface area (Å²) in [5.74, 6) is 0.610. The van der Waals surface area contributed by atoms with Gasteiger partial charge < -0.3 is 9.72 Å². The van der Waals surface area contributed by atoms with Crippen LogP contribution in [0.5, 0.6) is 5.75 Å². The lowest BCUT2D eigenvalue weighted by molar-refractivity contribution is 0.220. The average molecular weight is 535 g/mol. The molecule has 2 N–H and O–H groups in total. The van der Waals surface area contributed by atoms with Crippen molar-refractivity contribution in [3.8, 4) is 39.7 Å². The van der Waals surface area contributed by atoms with Crippen molar-refractivity contribution in [1.29, 1.82) is 0 Å². The van der Waals surface area contributed by atoms with Crippen LogP contribution in [-0.2, 0) is 6.54 Å². The Bertz CT molecular complexity index is 1840. The number of methoxy groups -OCH3 is 1. The van der Waals surface area contributed by atoms with Crippen LogP contribution in [-0.4, -0.2) is 60.2 Å². The third-order valence-corrected chi connectivity index (χ3v) is 7.43. The van der Waals surface area contributed by atoms with Gasteiger partial charge >= 0.3 is 0 Å². The van der Waals surface area contributed by atoms with Gasteiger partial charge in [-0.1, -0.05) is 6.42 Å². The van der Waals surface area contributed by atoms with Crippen molar-refractivity contribution in [2.45, 2.75) is 25.8 Å². The van der Waals surface area contributed by atoms with Crippen molar-refractivity contribution in [2.24, 2.45) is 0 Å². The second kappa shape index (κ2) is 10.1. The van der Waals surface area contributed by atoms with E-state index in [0.717, 1.165) is 47.3 Å². The lowest BCUT2D eigenvalue weighted by Crippen LogP contribution is -2.29. The van der Waals surface area contributed by atoms with E-state index in [1.165, 1.54) is 44.1 Å². The summed E-state index contributed by atoms with van der Waals surface area (Å²) >= 11 is 0. The Hall–Kier alpha value is -4.70. The second-order valence-electron chi connectivity index (χ2n) is 10.2. The van der Waals surface area contributed by atoms with Gasteiger partial charge in [-0.25, -0.2) is 9.37 Å². The molecule has 1 aromatic carbocycles. The van der Waals surface area contributed by atoms with Crippen molar-refractivity contribution >= 4 is 21.9 Å². The number of aromatic amines is 2. The molecule has 0 radical (unpaired) electrons. The van der Waals surface area contributed by atoms with Gasteiger partial charge in [-0.15, -0.1) is 0 Å². The number of nitrogens with one attached hydrogen (secondary N) is 2. The summed E-state index contributed by atoms with van der Waals surface area (Å²) in [6, 6.07) is 8.74. The van der Waals surface area contributed by atoms with Crippen LogP contribution in [0.3, 0.4) is 0 Å². The van der Waals surface area contributed by atoms with Gasteiger partial charge in [-0.3, -0.25) is 25.0 Å². The van der Waals surface area contributed by atoms with Gasteiger partial charge in [0.25, 0.3) is 0 Å². The molecule has 0 aliphatic carbocycles. The first-order valence-electron chi connectivity index (χ1n) is 13.3. The number of piperidine rings is 1. The first-order valence-corrected chi connectivity index (χ1v) is 13.3. The van der Waals surface area contributed by atoms with E-state index in [1.807, 2.05) is 18.5 Å².